The molecule has 3 heterocycles. The van der Waals surface area contributed by atoms with Crippen molar-refractivity contribution in [3.63, 3.8) is 0 Å². The number of aliphatic carboxylic acids is 1. The molecule has 0 saturated carbocycles. The van der Waals surface area contributed by atoms with Crippen molar-refractivity contribution in [2.75, 3.05) is 40.3 Å². The lowest BCUT2D eigenvalue weighted by Gasteiger charge is -2.26. The van der Waals surface area contributed by atoms with Crippen LogP contribution in [0, 0.1) is 0 Å². The Bertz CT molecular complexity index is 1550. The van der Waals surface area contributed by atoms with E-state index in [1.807, 2.05) is 34.7 Å². The highest BCUT2D eigenvalue weighted by Gasteiger charge is 2.28. The smallest absolute Gasteiger partial charge is 0.324 e. The predicted molar refractivity (Wildman–Crippen MR) is 147 cm³/mol. The molecule has 0 radical (unpaired) electrons. The molecular formula is C24H21Cl2N5O4S2. The van der Waals surface area contributed by atoms with Gasteiger partial charge >= 0.3 is 5.97 Å². The highest BCUT2D eigenvalue weighted by molar-refractivity contribution is 7.99. The quantitative estimate of drug-likeness (QED) is 0.340. The van der Waals surface area contributed by atoms with Gasteiger partial charge in [-0.25, -0.2) is 8.42 Å². The lowest BCUT2D eigenvalue weighted by Crippen LogP contribution is -2.35. The Morgan fingerprint density at radius 2 is 1.65 bits per heavy atom. The van der Waals surface area contributed by atoms with Gasteiger partial charge < -0.3 is 10.0 Å². The molecule has 0 aliphatic carbocycles. The number of benzene rings is 2. The maximum Gasteiger partial charge on any atom is 0.324 e. The lowest BCUT2D eigenvalue weighted by atomic mass is 10.2. The third-order valence-electron chi connectivity index (χ3n) is 5.88. The number of carboxylic acid groups (broad SMARTS) is 1. The number of nitrogens with zero attached hydrogens (tertiary/aromatic N) is 5. The fourth-order valence-electron chi connectivity index (χ4n) is 4.14. The second-order valence-corrected chi connectivity index (χ2v) is 12.2. The van der Waals surface area contributed by atoms with Crippen LogP contribution in [0.25, 0.3) is 16.7 Å². The van der Waals surface area contributed by atoms with Gasteiger partial charge in [-0.05, 0) is 54.6 Å². The van der Waals surface area contributed by atoms with Crippen LogP contribution in [0.1, 0.15) is 0 Å². The molecule has 1 saturated heterocycles. The first-order valence-corrected chi connectivity index (χ1v) is 14.6. The third kappa shape index (κ3) is 5.35. The first-order valence-electron chi connectivity index (χ1n) is 11.2. The summed E-state index contributed by atoms with van der Waals surface area (Å²) in [4.78, 5) is 13.6. The van der Waals surface area contributed by atoms with Crippen molar-refractivity contribution in [3.8, 4) is 5.82 Å². The van der Waals surface area contributed by atoms with Gasteiger partial charge in [0.15, 0.2) is 11.6 Å². The van der Waals surface area contributed by atoms with Crippen molar-refractivity contribution < 1.29 is 18.3 Å². The van der Waals surface area contributed by atoms with E-state index >= 15 is 0 Å². The number of hydrogen-bond acceptors (Lipinski definition) is 7. The number of rotatable bonds is 7. The molecule has 2 aromatic heterocycles. The summed E-state index contributed by atoms with van der Waals surface area (Å²) in [6.45, 7) is 1.09. The Morgan fingerprint density at radius 3 is 2.30 bits per heavy atom. The van der Waals surface area contributed by atoms with Gasteiger partial charge in [0.1, 0.15) is 6.54 Å². The number of halogens is 2. The van der Waals surface area contributed by atoms with Gasteiger partial charge in [0.25, 0.3) is 10.0 Å². The average molecular weight is 579 g/mol. The minimum absolute atomic E-state index is 0.125. The molecule has 37 heavy (non-hydrogen) atoms. The van der Waals surface area contributed by atoms with Crippen molar-refractivity contribution in [1.29, 1.82) is 0 Å². The van der Waals surface area contributed by atoms with E-state index in [0.717, 1.165) is 40.2 Å². The molecule has 0 bridgehead atoms. The number of sulfonamides is 1. The summed E-state index contributed by atoms with van der Waals surface area (Å²) in [7, 11) is -4.28. The van der Waals surface area contributed by atoms with Crippen LogP contribution in [0.3, 0.4) is 0 Å². The molecule has 0 amide bonds. The summed E-state index contributed by atoms with van der Waals surface area (Å²) in [5.74, 6) is 2.26. The highest BCUT2D eigenvalue weighted by Crippen LogP contribution is 2.31. The zero-order valence-corrected chi connectivity index (χ0v) is 22.4. The Labute approximate surface area is 227 Å². The molecule has 1 fully saturated rings. The molecule has 192 valence electrons. The standard InChI is InChI=1S/C24H21Cl2N5O4S2/c25-17-12-18(26)14-20(13-17)37(34,35)31(15-24(32)33)19-1-2-21-16(11-19)5-6-30(21)23-4-3-22(27-28-23)29-7-9-36-10-8-29/h1-6,11-14H,7-10,15H2,(H,32,33). The molecule has 0 spiro atoms. The summed E-state index contributed by atoms with van der Waals surface area (Å²) >= 11 is 13.9. The molecule has 1 aliphatic rings. The number of carboxylic acids is 1. The molecule has 5 rings (SSSR count). The van der Waals surface area contributed by atoms with E-state index < -0.39 is 22.5 Å². The minimum Gasteiger partial charge on any atom is -0.480 e. The number of carbonyl (C=O) groups is 1. The van der Waals surface area contributed by atoms with E-state index in [4.69, 9.17) is 23.2 Å². The monoisotopic (exact) mass is 577 g/mol. The fourth-order valence-corrected chi connectivity index (χ4v) is 7.17. The molecule has 1 N–H and O–H groups in total. The van der Waals surface area contributed by atoms with Crippen LogP contribution in [0.5, 0.6) is 0 Å². The van der Waals surface area contributed by atoms with Crippen LogP contribution >= 0.6 is 35.0 Å². The number of anilines is 2. The largest absolute Gasteiger partial charge is 0.480 e. The van der Waals surface area contributed by atoms with Crippen molar-refractivity contribution in [3.05, 3.63) is 70.8 Å². The summed E-state index contributed by atoms with van der Waals surface area (Å²) in [5, 5.41) is 19.2. The summed E-state index contributed by atoms with van der Waals surface area (Å²) in [6, 6.07) is 14.4. The molecular weight excluding hydrogens is 557 g/mol. The molecule has 0 unspecified atom stereocenters. The van der Waals surface area contributed by atoms with E-state index in [0.29, 0.717) is 11.2 Å². The van der Waals surface area contributed by atoms with Crippen molar-refractivity contribution in [2.45, 2.75) is 4.90 Å². The lowest BCUT2D eigenvalue weighted by molar-refractivity contribution is -0.135. The first kappa shape index (κ1) is 25.7. The molecule has 2 aromatic carbocycles. The van der Waals surface area contributed by atoms with Gasteiger partial charge in [0.2, 0.25) is 0 Å². The molecule has 9 nitrogen and oxygen atoms in total. The SMILES string of the molecule is O=C(O)CN(c1ccc2c(ccn2-c2ccc(N3CCSCC3)nn2)c1)S(=O)(=O)c1cc(Cl)cc(Cl)c1. The van der Waals surface area contributed by atoms with Gasteiger partial charge in [0.05, 0.1) is 16.1 Å². The van der Waals surface area contributed by atoms with Crippen LogP contribution in [0.4, 0.5) is 11.5 Å². The van der Waals surface area contributed by atoms with Gasteiger partial charge in [-0.15, -0.1) is 10.2 Å². The maximum atomic E-state index is 13.4. The fraction of sp³-hybridized carbons (Fsp3) is 0.208. The van der Waals surface area contributed by atoms with Crippen LogP contribution < -0.4 is 9.21 Å². The van der Waals surface area contributed by atoms with Gasteiger partial charge in [0, 0.05) is 46.2 Å². The van der Waals surface area contributed by atoms with Crippen molar-refractivity contribution in [2.24, 2.45) is 0 Å². The van der Waals surface area contributed by atoms with Crippen LogP contribution in [-0.4, -0.2) is 65.4 Å². The minimum atomic E-state index is -4.28. The first-order chi connectivity index (χ1) is 17.7. The van der Waals surface area contributed by atoms with Gasteiger partial charge in [-0.1, -0.05) is 23.2 Å². The summed E-state index contributed by atoms with van der Waals surface area (Å²) in [6.07, 6.45) is 1.81. The predicted octanol–water partition coefficient (Wildman–Crippen LogP) is 4.56. The molecule has 4 aromatic rings. The van der Waals surface area contributed by atoms with E-state index in [-0.39, 0.29) is 20.6 Å². The normalized spacial score (nSPS) is 14.2. The molecule has 0 atom stereocenters. The summed E-state index contributed by atoms with van der Waals surface area (Å²) in [5.41, 5.74) is 0.951. The van der Waals surface area contributed by atoms with Crippen LogP contribution in [0.2, 0.25) is 10.0 Å². The van der Waals surface area contributed by atoms with Gasteiger partial charge in [-0.2, -0.15) is 11.8 Å². The zero-order chi connectivity index (χ0) is 26.2. The third-order valence-corrected chi connectivity index (χ3v) is 9.01. The topological polar surface area (TPSA) is 109 Å². The van der Waals surface area contributed by atoms with E-state index in [1.165, 1.54) is 18.2 Å². The molecule has 1 aliphatic heterocycles. The Hall–Kier alpha value is -2.99. The van der Waals surface area contributed by atoms with Gasteiger partial charge in [-0.3, -0.25) is 13.7 Å². The van der Waals surface area contributed by atoms with Crippen LogP contribution in [-0.2, 0) is 14.8 Å². The second kappa shape index (κ2) is 10.4. The Balaban J connectivity index is 1.49. The molecule has 13 heteroatoms. The Morgan fingerprint density at radius 1 is 0.973 bits per heavy atom. The second-order valence-electron chi connectivity index (χ2n) is 8.29. The maximum absolute atomic E-state index is 13.4. The Kier molecular flexibility index (Phi) is 7.21. The van der Waals surface area contributed by atoms with Crippen molar-refractivity contribution in [1.82, 2.24) is 14.8 Å². The highest BCUT2D eigenvalue weighted by atomic mass is 35.5. The number of thioether (sulfide) groups is 1. The van der Waals surface area contributed by atoms with E-state index in [1.54, 1.807) is 24.3 Å². The van der Waals surface area contributed by atoms with Crippen LogP contribution in [0.15, 0.2) is 65.7 Å². The number of aromatic nitrogens is 3. The zero-order valence-electron chi connectivity index (χ0n) is 19.3. The van der Waals surface area contributed by atoms with Crippen molar-refractivity contribution >= 4 is 73.4 Å². The average Bonchev–Trinajstić information content (AvgIpc) is 3.30. The summed E-state index contributed by atoms with van der Waals surface area (Å²) < 4.78 is 29.5. The van der Waals surface area contributed by atoms with E-state index in [9.17, 15) is 18.3 Å². The van der Waals surface area contributed by atoms with E-state index in [2.05, 4.69) is 15.1 Å². The number of hydrogen-bond donors (Lipinski definition) is 1. The number of fused-ring (bicyclic) bond motifs is 1.